The van der Waals surface area contributed by atoms with Gasteiger partial charge in [0.2, 0.25) is 0 Å². The minimum absolute atomic E-state index is 0.0751. The predicted molar refractivity (Wildman–Crippen MR) is 62.2 cm³/mol. The number of aliphatic hydroxyl groups is 1. The lowest BCUT2D eigenvalue weighted by Crippen LogP contribution is -2.01. The summed E-state index contributed by atoms with van der Waals surface area (Å²) in [6.45, 7) is 0. The van der Waals surface area contributed by atoms with Crippen LogP contribution in [0.1, 0.15) is 16.5 Å². The molecule has 16 heavy (non-hydrogen) atoms. The summed E-state index contributed by atoms with van der Waals surface area (Å²) < 4.78 is 13.1. The van der Waals surface area contributed by atoms with Crippen molar-refractivity contribution < 1.29 is 9.50 Å². The van der Waals surface area contributed by atoms with Crippen LogP contribution in [0.5, 0.6) is 0 Å². The SMILES string of the molecule is OC(Cc1cccc(F)c1Cl)c1cncs1. The van der Waals surface area contributed by atoms with Crippen molar-refractivity contribution in [3.63, 3.8) is 0 Å². The lowest BCUT2D eigenvalue weighted by molar-refractivity contribution is 0.182. The number of nitrogens with zero attached hydrogens (tertiary/aromatic N) is 1. The van der Waals surface area contributed by atoms with E-state index in [9.17, 15) is 9.50 Å². The Morgan fingerprint density at radius 3 is 3.00 bits per heavy atom. The molecule has 2 aromatic rings. The molecule has 0 radical (unpaired) electrons. The van der Waals surface area contributed by atoms with Gasteiger partial charge in [-0.1, -0.05) is 23.7 Å². The molecule has 0 aliphatic rings. The fourth-order valence-corrected chi connectivity index (χ4v) is 2.21. The second kappa shape index (κ2) is 4.91. The average Bonchev–Trinajstić information content (AvgIpc) is 2.78. The Morgan fingerprint density at radius 2 is 2.31 bits per heavy atom. The number of thiazole rings is 1. The number of halogens is 2. The Labute approximate surface area is 101 Å². The molecular formula is C11H9ClFNOS. The normalized spacial score (nSPS) is 12.7. The molecule has 1 unspecified atom stereocenters. The quantitative estimate of drug-likeness (QED) is 0.916. The molecule has 1 atom stereocenters. The first-order chi connectivity index (χ1) is 7.68. The Morgan fingerprint density at radius 1 is 1.50 bits per heavy atom. The first kappa shape index (κ1) is 11.5. The molecule has 1 aromatic carbocycles. The van der Waals surface area contributed by atoms with Crippen molar-refractivity contribution in [1.29, 1.82) is 0 Å². The van der Waals surface area contributed by atoms with Crippen LogP contribution in [0.25, 0.3) is 0 Å². The van der Waals surface area contributed by atoms with E-state index in [1.165, 1.54) is 17.4 Å². The average molecular weight is 258 g/mol. The van der Waals surface area contributed by atoms with E-state index < -0.39 is 11.9 Å². The summed E-state index contributed by atoms with van der Waals surface area (Å²) in [5.41, 5.74) is 2.24. The van der Waals surface area contributed by atoms with Gasteiger partial charge in [0.25, 0.3) is 0 Å². The second-order valence-electron chi connectivity index (χ2n) is 3.34. The van der Waals surface area contributed by atoms with Crippen LogP contribution in [0.2, 0.25) is 5.02 Å². The number of aromatic nitrogens is 1. The van der Waals surface area contributed by atoms with E-state index in [1.54, 1.807) is 23.8 Å². The zero-order chi connectivity index (χ0) is 11.5. The van der Waals surface area contributed by atoms with Crippen molar-refractivity contribution in [3.8, 4) is 0 Å². The smallest absolute Gasteiger partial charge is 0.142 e. The number of benzene rings is 1. The first-order valence-corrected chi connectivity index (χ1v) is 5.93. The Kier molecular flexibility index (Phi) is 3.53. The molecule has 2 nitrogen and oxygen atoms in total. The van der Waals surface area contributed by atoms with Gasteiger partial charge in [-0.2, -0.15) is 0 Å². The number of rotatable bonds is 3. The van der Waals surface area contributed by atoms with Crippen LogP contribution >= 0.6 is 22.9 Å². The largest absolute Gasteiger partial charge is 0.387 e. The third kappa shape index (κ3) is 2.40. The highest BCUT2D eigenvalue weighted by Crippen LogP contribution is 2.26. The molecule has 1 heterocycles. The van der Waals surface area contributed by atoms with Gasteiger partial charge in [0.1, 0.15) is 5.82 Å². The summed E-state index contributed by atoms with van der Waals surface area (Å²) in [5.74, 6) is -0.462. The van der Waals surface area contributed by atoms with Crippen LogP contribution in [0.3, 0.4) is 0 Å². The molecule has 2 rings (SSSR count). The molecule has 0 aliphatic carbocycles. The van der Waals surface area contributed by atoms with Gasteiger partial charge in [0, 0.05) is 12.6 Å². The molecular weight excluding hydrogens is 249 g/mol. The number of hydrogen-bond acceptors (Lipinski definition) is 3. The summed E-state index contributed by atoms with van der Waals surface area (Å²) in [6.07, 6.45) is 1.20. The van der Waals surface area contributed by atoms with Crippen molar-refractivity contribution in [2.24, 2.45) is 0 Å². The molecule has 0 saturated carbocycles. The van der Waals surface area contributed by atoms with E-state index >= 15 is 0 Å². The summed E-state index contributed by atoms with van der Waals surface area (Å²) in [4.78, 5) is 4.63. The monoisotopic (exact) mass is 257 g/mol. The van der Waals surface area contributed by atoms with Crippen LogP contribution in [-0.4, -0.2) is 10.1 Å². The minimum Gasteiger partial charge on any atom is -0.387 e. The number of aliphatic hydroxyl groups excluding tert-OH is 1. The van der Waals surface area contributed by atoms with Crippen molar-refractivity contribution in [2.75, 3.05) is 0 Å². The van der Waals surface area contributed by atoms with Crippen LogP contribution in [-0.2, 0) is 6.42 Å². The first-order valence-electron chi connectivity index (χ1n) is 4.68. The van der Waals surface area contributed by atoms with Crippen molar-refractivity contribution in [1.82, 2.24) is 4.98 Å². The van der Waals surface area contributed by atoms with Crippen molar-refractivity contribution >= 4 is 22.9 Å². The van der Waals surface area contributed by atoms with Crippen LogP contribution in [0.15, 0.2) is 29.9 Å². The second-order valence-corrected chi connectivity index (χ2v) is 4.63. The number of hydrogen-bond donors (Lipinski definition) is 1. The summed E-state index contributed by atoms with van der Waals surface area (Å²) >= 11 is 7.16. The maximum atomic E-state index is 13.1. The Balaban J connectivity index is 2.18. The summed E-state index contributed by atoms with van der Waals surface area (Å²) in [6, 6.07) is 4.58. The third-order valence-corrected chi connectivity index (χ3v) is 3.52. The van der Waals surface area contributed by atoms with E-state index in [0.717, 1.165) is 4.88 Å². The van der Waals surface area contributed by atoms with E-state index in [-0.39, 0.29) is 5.02 Å². The zero-order valence-electron chi connectivity index (χ0n) is 8.23. The van der Waals surface area contributed by atoms with Gasteiger partial charge >= 0.3 is 0 Å². The maximum absolute atomic E-state index is 13.1. The highest BCUT2D eigenvalue weighted by Gasteiger charge is 2.13. The van der Waals surface area contributed by atoms with Crippen molar-refractivity contribution in [3.05, 3.63) is 51.2 Å². The summed E-state index contributed by atoms with van der Waals surface area (Å²) in [7, 11) is 0. The summed E-state index contributed by atoms with van der Waals surface area (Å²) in [5, 5.41) is 9.94. The Bertz CT molecular complexity index is 475. The standard InChI is InChI=1S/C11H9ClFNOS/c12-11-7(2-1-3-8(11)13)4-9(15)10-5-14-6-16-10/h1-3,5-6,9,15H,4H2. The highest BCUT2D eigenvalue weighted by atomic mass is 35.5. The minimum atomic E-state index is -0.688. The van der Waals surface area contributed by atoms with Gasteiger partial charge < -0.3 is 5.11 Å². The van der Waals surface area contributed by atoms with Crippen LogP contribution in [0.4, 0.5) is 4.39 Å². The third-order valence-electron chi connectivity index (χ3n) is 2.22. The molecule has 0 spiro atoms. The molecule has 1 aromatic heterocycles. The predicted octanol–water partition coefficient (Wildman–Crippen LogP) is 3.21. The maximum Gasteiger partial charge on any atom is 0.142 e. The molecule has 0 aliphatic heterocycles. The van der Waals surface area contributed by atoms with Gasteiger partial charge in [-0.05, 0) is 11.6 Å². The molecule has 0 fully saturated rings. The van der Waals surface area contributed by atoms with E-state index in [2.05, 4.69) is 4.98 Å². The van der Waals surface area contributed by atoms with Gasteiger partial charge in [0.05, 0.1) is 21.5 Å². The fourth-order valence-electron chi connectivity index (χ4n) is 1.41. The molecule has 84 valence electrons. The van der Waals surface area contributed by atoms with Gasteiger partial charge in [-0.25, -0.2) is 4.39 Å². The van der Waals surface area contributed by atoms with E-state index in [4.69, 9.17) is 11.6 Å². The van der Waals surface area contributed by atoms with Gasteiger partial charge in [-0.15, -0.1) is 11.3 Å². The van der Waals surface area contributed by atoms with Gasteiger partial charge in [0.15, 0.2) is 0 Å². The van der Waals surface area contributed by atoms with E-state index in [0.29, 0.717) is 12.0 Å². The van der Waals surface area contributed by atoms with Gasteiger partial charge in [-0.3, -0.25) is 4.98 Å². The Hall–Kier alpha value is -0.970. The van der Waals surface area contributed by atoms with Crippen LogP contribution in [0, 0.1) is 5.82 Å². The fraction of sp³-hybridized carbons (Fsp3) is 0.182. The lowest BCUT2D eigenvalue weighted by Gasteiger charge is -2.09. The molecule has 0 saturated heterocycles. The molecule has 1 N–H and O–H groups in total. The highest BCUT2D eigenvalue weighted by molar-refractivity contribution is 7.09. The molecule has 0 amide bonds. The van der Waals surface area contributed by atoms with E-state index in [1.807, 2.05) is 0 Å². The topological polar surface area (TPSA) is 33.1 Å². The zero-order valence-corrected chi connectivity index (χ0v) is 9.80. The van der Waals surface area contributed by atoms with Crippen LogP contribution < -0.4 is 0 Å². The molecule has 5 heteroatoms. The molecule has 0 bridgehead atoms. The lowest BCUT2D eigenvalue weighted by atomic mass is 10.1. The van der Waals surface area contributed by atoms with Crippen molar-refractivity contribution in [2.45, 2.75) is 12.5 Å².